The molecule has 0 saturated carbocycles. The molecule has 4 aromatic heterocycles. The van der Waals surface area contributed by atoms with Crippen LogP contribution in [0.15, 0.2) is 132 Å². The summed E-state index contributed by atoms with van der Waals surface area (Å²) in [4.78, 5) is 69.8. The van der Waals surface area contributed by atoms with Crippen LogP contribution in [0.1, 0.15) is 123 Å². The molecule has 4 N–H and O–H groups in total. The zero-order chi connectivity index (χ0) is 73.8. The molecule has 0 spiro atoms. The second kappa shape index (κ2) is 31.5. The largest absolute Gasteiger partial charge is 0.444 e. The minimum absolute atomic E-state index is 0.164. The second-order valence-electron chi connectivity index (χ2n) is 30.9. The maximum absolute atomic E-state index is 14.4. The number of halogens is 1. The molecule has 1 aliphatic heterocycles. The van der Waals surface area contributed by atoms with Crippen molar-refractivity contribution in [3.8, 4) is 33.4 Å². The number of hydrogen-bond donors (Lipinski definition) is 4. The van der Waals surface area contributed by atoms with E-state index in [0.717, 1.165) is 133 Å². The first-order chi connectivity index (χ1) is 48.8. The van der Waals surface area contributed by atoms with E-state index in [9.17, 15) is 24.0 Å². The van der Waals surface area contributed by atoms with Crippen LogP contribution in [0.5, 0.6) is 0 Å². The molecule has 0 saturated heterocycles. The summed E-state index contributed by atoms with van der Waals surface area (Å²) in [5.41, 5.74) is 18.2. The molecule has 103 heavy (non-hydrogen) atoms. The number of ether oxygens (including phenoxy) is 3. The van der Waals surface area contributed by atoms with Crippen molar-refractivity contribution in [1.82, 2.24) is 54.7 Å². The first kappa shape index (κ1) is 75.1. The predicted octanol–water partition coefficient (Wildman–Crippen LogP) is 15.0. The molecule has 0 radical (unpaired) electrons. The van der Waals surface area contributed by atoms with Gasteiger partial charge in [0.1, 0.15) is 42.5 Å². The molecule has 3 aliphatic rings. The molecule has 5 heterocycles. The first-order valence-electron chi connectivity index (χ1n) is 35.5. The van der Waals surface area contributed by atoms with Crippen LogP contribution in [0.3, 0.4) is 0 Å². The number of anilines is 2. The van der Waals surface area contributed by atoms with E-state index < -0.39 is 33.8 Å². The smallest absolute Gasteiger partial charge is 0.410 e. The van der Waals surface area contributed by atoms with Gasteiger partial charge < -0.3 is 35.5 Å². The number of benzene rings is 5. The summed E-state index contributed by atoms with van der Waals surface area (Å²) in [6.45, 7) is 31.1. The molecule has 24 heteroatoms. The quantitative estimate of drug-likeness (QED) is 0.0346. The molecule has 21 nitrogen and oxygen atoms in total. The highest BCUT2D eigenvalue weighted by atomic mass is 79.9. The average Bonchev–Trinajstić information content (AvgIpc) is 1.68. The molecule has 4 atom stereocenters. The Morgan fingerprint density at radius 2 is 0.961 bits per heavy atom. The lowest BCUT2D eigenvalue weighted by Crippen LogP contribution is -2.47. The van der Waals surface area contributed by atoms with Crippen LogP contribution < -0.4 is 21.3 Å². The standard InChI is InChI=1S/C46H57N7O5Si.C33H41BrN6O3Si/c1-29-41(30(2)53(50-29)28-57-22-23-59(7,8)9)32-14-17-37(18-15-32)48-44(55)42(49-43(54)40-20-21-47-51(40)6)38-19-16-31-10-11-34(25-39(31)38)33-12-13-35-26-52(27-36(35)24-33)45(56)58-46(3,4)5;1-21-30(22(2)40(38-21)20-43-17-18-44(4,5)6)24-8-12-26(13-9-24)36-33(42)31(37-32(41)29-15-16-35-39(29)3)27-14-10-23-7-11-25(34)19-28(23)27/h10-15,17-18,20-21,24-25,38,42H,16,19,22-23,26-28H2,1-9H3,(H,48,55)(H,49,54);7-9,11-13,15-16,19,27,31H,10,14,17-18,20H2,1-6H3,(H,36,42)(H,37,41)/t38-,42+;27-,31+/m11/s1. The van der Waals surface area contributed by atoms with Gasteiger partial charge in [-0.05, 0) is 196 Å². The van der Waals surface area contributed by atoms with Crippen molar-refractivity contribution in [1.29, 1.82) is 0 Å². The van der Waals surface area contributed by atoms with Gasteiger partial charge in [-0.3, -0.25) is 33.4 Å². The van der Waals surface area contributed by atoms with E-state index in [1.165, 1.54) is 14.9 Å². The Bertz CT molecular complexity index is 4600. The Balaban J connectivity index is 0.000000216. The van der Waals surface area contributed by atoms with Gasteiger partial charge in [-0.1, -0.05) is 116 Å². The summed E-state index contributed by atoms with van der Waals surface area (Å²) in [6, 6.07) is 38.3. The predicted molar refractivity (Wildman–Crippen MR) is 412 cm³/mol. The topological polar surface area (TPSA) is 236 Å². The van der Waals surface area contributed by atoms with Crippen molar-refractivity contribution >= 4 is 73.2 Å². The van der Waals surface area contributed by atoms with E-state index in [-0.39, 0.29) is 41.6 Å². The van der Waals surface area contributed by atoms with Crippen molar-refractivity contribution < 1.29 is 38.2 Å². The number of amides is 5. The summed E-state index contributed by atoms with van der Waals surface area (Å²) in [5.74, 6) is -1.71. The van der Waals surface area contributed by atoms with E-state index in [2.05, 4.69) is 149 Å². The third kappa shape index (κ3) is 18.3. The molecular formula is C79H98BrN13O8Si2. The average molecular weight is 1490 g/mol. The molecule has 542 valence electrons. The SMILES string of the molecule is Cc1nn(COCC[Si](C)(C)C)c(C)c1-c1ccc(NC(=O)[C@@H](NC(=O)c2ccnn2C)[C@@H]2CCc3ccc(-c4ccc5c(c4)CN(C(=O)OC(C)(C)C)C5)cc32)cc1.Cc1nn(COCC[Si](C)(C)C)c(C)c1-c1ccc(NC(=O)[C@@H](NC(=O)c2ccnn2C)[C@@H]2CCc3ccc(Br)cc32)cc1. The summed E-state index contributed by atoms with van der Waals surface area (Å²) in [5, 5.41) is 30.1. The summed E-state index contributed by atoms with van der Waals surface area (Å²) < 4.78 is 25.4. The highest BCUT2D eigenvalue weighted by molar-refractivity contribution is 9.10. The van der Waals surface area contributed by atoms with Gasteiger partial charge in [0.05, 0.1) is 11.4 Å². The van der Waals surface area contributed by atoms with Crippen molar-refractivity contribution in [3.05, 3.63) is 200 Å². The number of hydrogen-bond acceptors (Lipinski definition) is 12. The molecule has 0 fully saturated rings. The molecule has 2 aliphatic carbocycles. The van der Waals surface area contributed by atoms with E-state index in [4.69, 9.17) is 24.4 Å². The van der Waals surface area contributed by atoms with Crippen molar-refractivity contribution in [2.24, 2.45) is 14.1 Å². The fourth-order valence-electron chi connectivity index (χ4n) is 13.9. The van der Waals surface area contributed by atoms with Crippen LogP contribution in [-0.4, -0.2) is 121 Å². The minimum atomic E-state index is -1.19. The number of nitrogens with zero attached hydrogens (tertiary/aromatic N) is 9. The van der Waals surface area contributed by atoms with E-state index >= 15 is 0 Å². The van der Waals surface area contributed by atoms with Crippen LogP contribution in [0.2, 0.25) is 51.4 Å². The monoisotopic (exact) mass is 1490 g/mol. The van der Waals surface area contributed by atoms with E-state index in [0.29, 0.717) is 55.7 Å². The Kier molecular flexibility index (Phi) is 23.0. The van der Waals surface area contributed by atoms with Gasteiger partial charge in [0.25, 0.3) is 11.8 Å². The van der Waals surface area contributed by atoms with Gasteiger partial charge >= 0.3 is 6.09 Å². The fraction of sp³-hybridized carbons (Fsp3) is 0.405. The Morgan fingerprint density at radius 1 is 0.544 bits per heavy atom. The summed E-state index contributed by atoms with van der Waals surface area (Å²) >= 11 is 3.57. The molecule has 0 unspecified atom stereocenters. The molecular weight excluding hydrogens is 1400 g/mol. The maximum Gasteiger partial charge on any atom is 0.410 e. The number of rotatable bonds is 23. The van der Waals surface area contributed by atoms with E-state index in [1.807, 2.05) is 98.6 Å². The molecule has 5 amide bonds. The number of aryl methyl sites for hydroxylation is 6. The number of carbonyl (C=O) groups is 5. The lowest BCUT2D eigenvalue weighted by molar-refractivity contribution is -0.119. The van der Waals surface area contributed by atoms with Gasteiger partial charge in [-0.25, -0.2) is 14.2 Å². The van der Waals surface area contributed by atoms with Crippen LogP contribution in [0, 0.1) is 27.7 Å². The second-order valence-corrected chi connectivity index (χ2v) is 43.0. The van der Waals surface area contributed by atoms with Gasteiger partial charge in [0, 0.05) is 119 Å². The van der Waals surface area contributed by atoms with Gasteiger partial charge in [0.15, 0.2) is 0 Å². The van der Waals surface area contributed by atoms with Crippen molar-refractivity contribution in [3.63, 3.8) is 0 Å². The molecule has 0 bridgehead atoms. The number of nitrogens with one attached hydrogen (secondary N) is 4. The summed E-state index contributed by atoms with van der Waals surface area (Å²) in [7, 11) is 1.08. The lowest BCUT2D eigenvalue weighted by Gasteiger charge is -2.25. The Morgan fingerprint density at radius 3 is 1.40 bits per heavy atom. The summed E-state index contributed by atoms with van der Waals surface area (Å²) in [6.07, 6.45) is 5.91. The third-order valence-corrected chi connectivity index (χ3v) is 23.4. The molecule has 5 aromatic carbocycles. The maximum atomic E-state index is 14.4. The lowest BCUT2D eigenvalue weighted by atomic mass is 9.89. The van der Waals surface area contributed by atoms with Crippen LogP contribution >= 0.6 is 15.9 Å². The van der Waals surface area contributed by atoms with Gasteiger partial charge in [-0.2, -0.15) is 20.4 Å². The fourth-order valence-corrected chi connectivity index (χ4v) is 15.8. The van der Waals surface area contributed by atoms with Crippen LogP contribution in [-0.2, 0) is 77.3 Å². The van der Waals surface area contributed by atoms with Crippen molar-refractivity contribution in [2.75, 3.05) is 23.8 Å². The number of fused-ring (bicyclic) bond motifs is 3. The van der Waals surface area contributed by atoms with Gasteiger partial charge in [-0.15, -0.1) is 0 Å². The Labute approximate surface area is 615 Å². The third-order valence-electron chi connectivity index (χ3n) is 19.5. The number of carbonyl (C=O) groups excluding carboxylic acids is 5. The van der Waals surface area contributed by atoms with Crippen LogP contribution in [0.4, 0.5) is 16.2 Å². The normalized spacial score (nSPS) is 15.4. The highest BCUT2D eigenvalue weighted by Crippen LogP contribution is 2.42. The first-order valence-corrected chi connectivity index (χ1v) is 43.7. The molecule has 9 aromatic rings. The zero-order valence-electron chi connectivity index (χ0n) is 62.1. The van der Waals surface area contributed by atoms with E-state index in [1.54, 1.807) is 43.5 Å². The molecule has 12 rings (SSSR count). The van der Waals surface area contributed by atoms with Crippen molar-refractivity contribution in [2.45, 2.75) is 182 Å². The Hall–Kier alpha value is -9.08. The van der Waals surface area contributed by atoms with Crippen LogP contribution in [0.25, 0.3) is 33.4 Å². The minimum Gasteiger partial charge on any atom is -0.444 e. The number of aromatic nitrogens is 8. The highest BCUT2D eigenvalue weighted by Gasteiger charge is 2.39. The zero-order valence-corrected chi connectivity index (χ0v) is 65.7. The van der Waals surface area contributed by atoms with Gasteiger partial charge in [0.2, 0.25) is 11.8 Å².